The molecule has 0 spiro atoms. The lowest BCUT2D eigenvalue weighted by Crippen LogP contribution is -2.41. The van der Waals surface area contributed by atoms with Crippen LogP contribution in [0.1, 0.15) is 47.1 Å². The number of hydrogen-bond acceptors (Lipinski definition) is 7. The smallest absolute Gasteiger partial charge is 0.352 e. The Morgan fingerprint density at radius 3 is 2.06 bits per heavy atom. The summed E-state index contributed by atoms with van der Waals surface area (Å²) in [4.78, 5) is 41.0. The minimum Gasteiger partial charge on any atom is -0.476 e. The molecule has 3 rings (SSSR count). The van der Waals surface area contributed by atoms with E-state index in [1.54, 1.807) is 54.6 Å². The molecular formula is C25H22ClNO6. The molecule has 3 aromatic rings. The maximum absolute atomic E-state index is 12.6. The van der Waals surface area contributed by atoms with Crippen LogP contribution in [0, 0.1) is 0 Å². The van der Waals surface area contributed by atoms with Crippen LogP contribution in [0.2, 0.25) is 5.02 Å². The highest BCUT2D eigenvalue weighted by molar-refractivity contribution is 6.30. The zero-order valence-corrected chi connectivity index (χ0v) is 19.0. The van der Waals surface area contributed by atoms with Gasteiger partial charge in [-0.15, -0.1) is 0 Å². The standard InChI is InChI=1S/C25H22ClNO6/c1-16(31-23(29)19-5-4-14-27-15-19)32-24(30)25(2,3)33-21-12-8-18(9-13-21)22(28)17-6-10-20(26)11-7-17/h4-16H,1-3H3. The van der Waals surface area contributed by atoms with Gasteiger partial charge in [0.2, 0.25) is 6.29 Å². The first-order chi connectivity index (χ1) is 15.7. The third-order valence-electron chi connectivity index (χ3n) is 4.53. The number of ether oxygens (including phenoxy) is 3. The lowest BCUT2D eigenvalue weighted by atomic mass is 10.0. The van der Waals surface area contributed by atoms with Crippen molar-refractivity contribution < 1.29 is 28.6 Å². The van der Waals surface area contributed by atoms with Gasteiger partial charge in [0.25, 0.3) is 0 Å². The number of aromatic nitrogens is 1. The third-order valence-corrected chi connectivity index (χ3v) is 4.78. The molecule has 1 unspecified atom stereocenters. The summed E-state index contributed by atoms with van der Waals surface area (Å²) in [7, 11) is 0. The van der Waals surface area contributed by atoms with Crippen molar-refractivity contribution in [2.75, 3.05) is 0 Å². The zero-order chi connectivity index (χ0) is 24.0. The predicted molar refractivity (Wildman–Crippen MR) is 121 cm³/mol. The summed E-state index contributed by atoms with van der Waals surface area (Å²) in [5.41, 5.74) is -0.173. The number of carbonyl (C=O) groups excluding carboxylic acids is 3. The average Bonchev–Trinajstić information content (AvgIpc) is 2.80. The lowest BCUT2D eigenvalue weighted by molar-refractivity contribution is -0.180. The molecule has 0 radical (unpaired) electrons. The van der Waals surface area contributed by atoms with Gasteiger partial charge in [-0.3, -0.25) is 9.78 Å². The van der Waals surface area contributed by atoms with Crippen molar-refractivity contribution in [3.05, 3.63) is 94.8 Å². The first-order valence-electron chi connectivity index (χ1n) is 10.1. The summed E-state index contributed by atoms with van der Waals surface area (Å²) >= 11 is 5.86. The molecule has 0 aliphatic heterocycles. The molecule has 1 atom stereocenters. The first kappa shape index (κ1) is 23.9. The minimum atomic E-state index is -1.38. The summed E-state index contributed by atoms with van der Waals surface area (Å²) in [5.74, 6) is -1.19. The fourth-order valence-corrected chi connectivity index (χ4v) is 2.92. The Hall–Kier alpha value is -3.71. The van der Waals surface area contributed by atoms with Crippen molar-refractivity contribution in [1.82, 2.24) is 4.98 Å². The molecule has 33 heavy (non-hydrogen) atoms. The Balaban J connectivity index is 1.58. The van der Waals surface area contributed by atoms with E-state index in [1.807, 2.05) is 0 Å². The maximum atomic E-state index is 12.6. The Bertz CT molecular complexity index is 1130. The highest BCUT2D eigenvalue weighted by atomic mass is 35.5. The SMILES string of the molecule is CC(OC(=O)c1cccnc1)OC(=O)C(C)(C)Oc1ccc(C(=O)c2ccc(Cl)cc2)cc1. The Morgan fingerprint density at radius 2 is 1.48 bits per heavy atom. The monoisotopic (exact) mass is 467 g/mol. The molecule has 1 heterocycles. The van der Waals surface area contributed by atoms with Crippen molar-refractivity contribution >= 4 is 29.3 Å². The molecule has 8 heteroatoms. The highest BCUT2D eigenvalue weighted by Crippen LogP contribution is 2.22. The summed E-state index contributed by atoms with van der Waals surface area (Å²) in [5, 5.41) is 0.547. The maximum Gasteiger partial charge on any atom is 0.352 e. The number of carbonyl (C=O) groups is 3. The first-order valence-corrected chi connectivity index (χ1v) is 10.4. The van der Waals surface area contributed by atoms with E-state index in [1.165, 1.54) is 39.2 Å². The van der Waals surface area contributed by atoms with Crippen LogP contribution in [0.15, 0.2) is 73.1 Å². The van der Waals surface area contributed by atoms with E-state index in [2.05, 4.69) is 4.98 Å². The van der Waals surface area contributed by atoms with Crippen molar-refractivity contribution in [1.29, 1.82) is 0 Å². The average molecular weight is 468 g/mol. The Morgan fingerprint density at radius 1 is 0.879 bits per heavy atom. The van der Waals surface area contributed by atoms with E-state index in [-0.39, 0.29) is 11.3 Å². The van der Waals surface area contributed by atoms with E-state index in [0.29, 0.717) is 21.9 Å². The van der Waals surface area contributed by atoms with Crippen molar-refractivity contribution in [2.45, 2.75) is 32.7 Å². The van der Waals surface area contributed by atoms with E-state index in [0.717, 1.165) is 0 Å². The lowest BCUT2D eigenvalue weighted by Gasteiger charge is -2.26. The second kappa shape index (κ2) is 10.3. The third kappa shape index (κ3) is 6.40. The fraction of sp³-hybridized carbons (Fsp3) is 0.200. The number of ketones is 1. The normalized spacial score (nSPS) is 11.9. The van der Waals surface area contributed by atoms with Crippen LogP contribution in [0.25, 0.3) is 0 Å². The largest absolute Gasteiger partial charge is 0.476 e. The second-order valence-corrected chi connectivity index (χ2v) is 8.03. The van der Waals surface area contributed by atoms with E-state index < -0.39 is 23.8 Å². The summed E-state index contributed by atoms with van der Waals surface area (Å²) in [6.07, 6.45) is 1.75. The topological polar surface area (TPSA) is 91.8 Å². The molecule has 0 saturated carbocycles. The molecule has 0 aliphatic carbocycles. The van der Waals surface area contributed by atoms with Crippen molar-refractivity contribution in [2.24, 2.45) is 0 Å². The molecule has 0 fully saturated rings. The van der Waals surface area contributed by atoms with Crippen LogP contribution < -0.4 is 4.74 Å². The van der Waals surface area contributed by atoms with E-state index >= 15 is 0 Å². The molecule has 0 aliphatic rings. The van der Waals surface area contributed by atoms with Crippen molar-refractivity contribution in [3.63, 3.8) is 0 Å². The number of pyridine rings is 1. The summed E-state index contributed by atoms with van der Waals surface area (Å²) in [6, 6.07) is 16.1. The van der Waals surface area contributed by atoms with Gasteiger partial charge < -0.3 is 14.2 Å². The van der Waals surface area contributed by atoms with Gasteiger partial charge in [0, 0.05) is 35.5 Å². The molecule has 1 aromatic heterocycles. The highest BCUT2D eigenvalue weighted by Gasteiger charge is 2.34. The van der Waals surface area contributed by atoms with Gasteiger partial charge >= 0.3 is 11.9 Å². The number of rotatable bonds is 8. The molecule has 0 saturated heterocycles. The van der Waals surface area contributed by atoms with Crippen LogP contribution in [0.5, 0.6) is 5.75 Å². The van der Waals surface area contributed by atoms with Gasteiger partial charge in [-0.05, 0) is 74.5 Å². The molecule has 0 N–H and O–H groups in total. The molecule has 7 nitrogen and oxygen atoms in total. The minimum absolute atomic E-state index is 0.166. The molecule has 0 bridgehead atoms. The number of hydrogen-bond donors (Lipinski definition) is 0. The van der Waals surface area contributed by atoms with Crippen LogP contribution in [-0.4, -0.2) is 34.6 Å². The van der Waals surface area contributed by atoms with Gasteiger partial charge in [0.1, 0.15) is 5.75 Å². The van der Waals surface area contributed by atoms with Crippen LogP contribution in [-0.2, 0) is 14.3 Å². The van der Waals surface area contributed by atoms with Crippen LogP contribution >= 0.6 is 11.6 Å². The molecule has 170 valence electrons. The Kier molecular flexibility index (Phi) is 7.45. The number of halogens is 1. The number of esters is 2. The van der Waals surface area contributed by atoms with Gasteiger partial charge in [-0.2, -0.15) is 0 Å². The van der Waals surface area contributed by atoms with E-state index in [4.69, 9.17) is 25.8 Å². The molecular weight excluding hydrogens is 446 g/mol. The number of nitrogens with zero attached hydrogens (tertiary/aromatic N) is 1. The molecule has 2 aromatic carbocycles. The van der Waals surface area contributed by atoms with Gasteiger partial charge in [-0.1, -0.05) is 11.6 Å². The summed E-state index contributed by atoms with van der Waals surface area (Å²) in [6.45, 7) is 4.48. The second-order valence-electron chi connectivity index (χ2n) is 7.59. The quantitative estimate of drug-likeness (QED) is 0.265. The van der Waals surface area contributed by atoms with Crippen LogP contribution in [0.4, 0.5) is 0 Å². The zero-order valence-electron chi connectivity index (χ0n) is 18.3. The van der Waals surface area contributed by atoms with Crippen LogP contribution in [0.3, 0.4) is 0 Å². The van der Waals surface area contributed by atoms with Gasteiger partial charge in [-0.25, -0.2) is 9.59 Å². The number of benzene rings is 2. The van der Waals surface area contributed by atoms with Gasteiger partial charge in [0.05, 0.1) is 5.56 Å². The predicted octanol–water partition coefficient (Wildman–Crippen LogP) is 4.87. The summed E-state index contributed by atoms with van der Waals surface area (Å²) < 4.78 is 16.1. The van der Waals surface area contributed by atoms with E-state index in [9.17, 15) is 14.4 Å². The van der Waals surface area contributed by atoms with Gasteiger partial charge in [0.15, 0.2) is 11.4 Å². The van der Waals surface area contributed by atoms with Crippen molar-refractivity contribution in [3.8, 4) is 5.75 Å². The fourth-order valence-electron chi connectivity index (χ4n) is 2.80. The molecule has 0 amide bonds. The Labute approximate surface area is 196 Å².